The highest BCUT2D eigenvalue weighted by Crippen LogP contribution is 2.38. The highest BCUT2D eigenvalue weighted by Gasteiger charge is 2.46. The number of hydrogen-bond acceptors (Lipinski definition) is 4. The predicted molar refractivity (Wildman–Crippen MR) is 153 cm³/mol. The lowest BCUT2D eigenvalue weighted by molar-refractivity contribution is -0.146. The summed E-state index contributed by atoms with van der Waals surface area (Å²) in [4.78, 5) is 31.4. The molecule has 0 radical (unpaired) electrons. The van der Waals surface area contributed by atoms with Crippen LogP contribution in [-0.4, -0.2) is 66.5 Å². The van der Waals surface area contributed by atoms with Gasteiger partial charge in [-0.2, -0.15) is 0 Å². The van der Waals surface area contributed by atoms with E-state index in [1.54, 1.807) is 0 Å². The molecule has 2 aliphatic rings. The van der Waals surface area contributed by atoms with E-state index in [1.165, 1.54) is 0 Å². The van der Waals surface area contributed by atoms with Gasteiger partial charge in [-0.25, -0.2) is 0 Å². The second kappa shape index (κ2) is 12.1. The van der Waals surface area contributed by atoms with Gasteiger partial charge in [0.25, 0.3) is 0 Å². The summed E-state index contributed by atoms with van der Waals surface area (Å²) in [6.07, 6.45) is 0.896. The molecule has 39 heavy (non-hydrogen) atoms. The third kappa shape index (κ3) is 6.07. The molecule has 204 valence electrons. The average Bonchev–Trinajstić information content (AvgIpc) is 2.98. The summed E-state index contributed by atoms with van der Waals surface area (Å²) >= 11 is 0. The quantitative estimate of drug-likeness (QED) is 0.491. The molecule has 2 saturated heterocycles. The van der Waals surface area contributed by atoms with E-state index in [1.807, 2.05) is 88.7 Å². The monoisotopic (exact) mass is 525 g/mol. The van der Waals surface area contributed by atoms with Gasteiger partial charge >= 0.3 is 0 Å². The zero-order chi connectivity index (χ0) is 27.2. The van der Waals surface area contributed by atoms with Gasteiger partial charge < -0.3 is 19.9 Å². The molecule has 2 heterocycles. The Morgan fingerprint density at radius 3 is 1.79 bits per heavy atom. The minimum atomic E-state index is -0.619. The van der Waals surface area contributed by atoms with Crippen molar-refractivity contribution in [3.63, 3.8) is 0 Å². The molecule has 3 aromatic carbocycles. The third-order valence-corrected chi connectivity index (χ3v) is 8.13. The maximum atomic E-state index is 14.1. The molecule has 0 bridgehead atoms. The molecule has 2 fully saturated rings. The Labute approximate surface area is 232 Å². The van der Waals surface area contributed by atoms with Crippen LogP contribution in [0.3, 0.4) is 0 Å². The molecule has 6 heteroatoms. The van der Waals surface area contributed by atoms with Gasteiger partial charge in [0.1, 0.15) is 12.7 Å². The number of nitrogens with zero attached hydrogens (tertiary/aromatic N) is 2. The summed E-state index contributed by atoms with van der Waals surface area (Å²) in [7, 11) is 0. The molecule has 5 rings (SSSR count). The van der Waals surface area contributed by atoms with Crippen LogP contribution >= 0.6 is 0 Å². The van der Waals surface area contributed by atoms with Crippen molar-refractivity contribution < 1.29 is 14.3 Å². The lowest BCUT2D eigenvalue weighted by atomic mass is 9.71. The van der Waals surface area contributed by atoms with Crippen LogP contribution in [0.4, 0.5) is 0 Å². The van der Waals surface area contributed by atoms with Gasteiger partial charge in [0, 0.05) is 38.3 Å². The molecule has 2 atom stereocenters. The van der Waals surface area contributed by atoms with E-state index in [4.69, 9.17) is 4.74 Å². The van der Waals surface area contributed by atoms with E-state index in [0.717, 1.165) is 16.7 Å². The average molecular weight is 526 g/mol. The summed E-state index contributed by atoms with van der Waals surface area (Å²) in [5.41, 5.74) is 2.46. The van der Waals surface area contributed by atoms with Crippen LogP contribution < -0.4 is 5.32 Å². The van der Waals surface area contributed by atoms with Crippen LogP contribution in [0.5, 0.6) is 0 Å². The number of carbonyl (C=O) groups is 2. The molecule has 6 nitrogen and oxygen atoms in total. The van der Waals surface area contributed by atoms with Crippen LogP contribution in [0.25, 0.3) is 0 Å². The zero-order valence-electron chi connectivity index (χ0n) is 23.0. The lowest BCUT2D eigenvalue weighted by Gasteiger charge is -2.46. The number of carbonyl (C=O) groups excluding carboxylic acids is 2. The lowest BCUT2D eigenvalue weighted by Crippen LogP contribution is -2.61. The second-order valence-electron chi connectivity index (χ2n) is 11.0. The molecule has 2 aliphatic heterocycles. The normalized spacial score (nSPS) is 21.1. The van der Waals surface area contributed by atoms with Crippen molar-refractivity contribution in [1.29, 1.82) is 0 Å². The van der Waals surface area contributed by atoms with Crippen molar-refractivity contribution in [2.75, 3.05) is 32.8 Å². The van der Waals surface area contributed by atoms with Gasteiger partial charge in [-0.15, -0.1) is 0 Å². The maximum Gasteiger partial charge on any atom is 0.248 e. The van der Waals surface area contributed by atoms with E-state index < -0.39 is 5.41 Å². The Balaban J connectivity index is 1.29. The van der Waals surface area contributed by atoms with Gasteiger partial charge in [-0.05, 0) is 43.4 Å². The molecule has 2 unspecified atom stereocenters. The van der Waals surface area contributed by atoms with E-state index in [-0.39, 0.29) is 36.6 Å². The number of benzene rings is 3. The van der Waals surface area contributed by atoms with Crippen molar-refractivity contribution in [2.45, 2.75) is 50.3 Å². The first-order valence-corrected chi connectivity index (χ1v) is 14.1. The predicted octanol–water partition coefficient (Wildman–Crippen LogP) is 4.56. The van der Waals surface area contributed by atoms with E-state index in [2.05, 4.69) is 31.3 Å². The standard InChI is InChI=1S/C33H39N3O3/c1-25-22-36(23-26(2)34-25)32(38)33(29-16-10-5-11-17-29)18-20-35(21-19-33)30(37)24-39-31(27-12-6-3-7-13-27)28-14-8-4-9-15-28/h3-17,25-26,31,34H,18-24H2,1-2H3. The minimum absolute atomic E-state index is 0.00639. The smallest absolute Gasteiger partial charge is 0.248 e. The van der Waals surface area contributed by atoms with Crippen LogP contribution in [0.15, 0.2) is 91.0 Å². The second-order valence-corrected chi connectivity index (χ2v) is 11.0. The first-order valence-electron chi connectivity index (χ1n) is 14.1. The number of likely N-dealkylation sites (tertiary alicyclic amines) is 1. The molecule has 3 aromatic rings. The molecule has 2 amide bonds. The van der Waals surface area contributed by atoms with Crippen molar-refractivity contribution in [3.8, 4) is 0 Å². The number of ether oxygens (including phenoxy) is 1. The Hall–Kier alpha value is -3.48. The Kier molecular flexibility index (Phi) is 8.44. The van der Waals surface area contributed by atoms with Crippen molar-refractivity contribution in [3.05, 3.63) is 108 Å². The van der Waals surface area contributed by atoms with E-state index in [9.17, 15) is 9.59 Å². The number of hydrogen-bond donors (Lipinski definition) is 1. The highest BCUT2D eigenvalue weighted by molar-refractivity contribution is 5.89. The van der Waals surface area contributed by atoms with Gasteiger partial charge in [0.2, 0.25) is 11.8 Å². The maximum absolute atomic E-state index is 14.1. The van der Waals surface area contributed by atoms with Gasteiger partial charge in [-0.3, -0.25) is 9.59 Å². The SMILES string of the molecule is CC1CN(C(=O)C2(c3ccccc3)CCN(C(=O)COC(c3ccccc3)c3ccccc3)CC2)CC(C)N1. The molecular weight excluding hydrogens is 486 g/mol. The number of nitrogens with one attached hydrogen (secondary N) is 1. The zero-order valence-corrected chi connectivity index (χ0v) is 23.0. The Morgan fingerprint density at radius 2 is 1.28 bits per heavy atom. The summed E-state index contributed by atoms with van der Waals surface area (Å²) in [5.74, 6) is 0.149. The largest absolute Gasteiger partial charge is 0.359 e. The molecule has 1 N–H and O–H groups in total. The number of rotatable bonds is 7. The van der Waals surface area contributed by atoms with E-state index >= 15 is 0 Å². The van der Waals surface area contributed by atoms with Crippen LogP contribution in [0, 0.1) is 0 Å². The topological polar surface area (TPSA) is 61.9 Å². The van der Waals surface area contributed by atoms with Gasteiger partial charge in [-0.1, -0.05) is 91.0 Å². The fraction of sp³-hybridized carbons (Fsp3) is 0.394. The van der Waals surface area contributed by atoms with Crippen molar-refractivity contribution >= 4 is 11.8 Å². The van der Waals surface area contributed by atoms with Crippen molar-refractivity contribution in [1.82, 2.24) is 15.1 Å². The molecule has 0 saturated carbocycles. The summed E-state index contributed by atoms with van der Waals surface area (Å²) < 4.78 is 6.26. The number of piperidine rings is 1. The van der Waals surface area contributed by atoms with E-state index in [0.29, 0.717) is 39.0 Å². The van der Waals surface area contributed by atoms with Crippen LogP contribution in [0.2, 0.25) is 0 Å². The highest BCUT2D eigenvalue weighted by atomic mass is 16.5. The molecule has 0 aliphatic carbocycles. The van der Waals surface area contributed by atoms with Gasteiger partial charge in [0.05, 0.1) is 5.41 Å². The van der Waals surface area contributed by atoms with Crippen LogP contribution in [0.1, 0.15) is 49.5 Å². The first-order chi connectivity index (χ1) is 19.0. The number of piperazine rings is 1. The first kappa shape index (κ1) is 27.1. The Morgan fingerprint density at radius 1 is 0.795 bits per heavy atom. The fourth-order valence-electron chi connectivity index (χ4n) is 6.20. The summed E-state index contributed by atoms with van der Waals surface area (Å²) in [6, 6.07) is 30.7. The molecule has 0 aromatic heterocycles. The van der Waals surface area contributed by atoms with Crippen molar-refractivity contribution in [2.24, 2.45) is 0 Å². The minimum Gasteiger partial charge on any atom is -0.359 e. The Bertz CT molecular complexity index is 1180. The van der Waals surface area contributed by atoms with Crippen LogP contribution in [-0.2, 0) is 19.7 Å². The summed E-state index contributed by atoms with van der Waals surface area (Å²) in [5, 5.41) is 3.53. The number of amides is 2. The summed E-state index contributed by atoms with van der Waals surface area (Å²) in [6.45, 7) is 6.72. The third-order valence-electron chi connectivity index (χ3n) is 8.13. The van der Waals surface area contributed by atoms with Gasteiger partial charge in [0.15, 0.2) is 0 Å². The fourth-order valence-corrected chi connectivity index (χ4v) is 6.20. The molecule has 0 spiro atoms. The molecular formula is C33H39N3O3.